The van der Waals surface area contributed by atoms with Gasteiger partial charge in [-0.1, -0.05) is 35.9 Å². The summed E-state index contributed by atoms with van der Waals surface area (Å²) in [7, 11) is 2.10. The number of fused-ring (bicyclic) bond motifs is 2. The van der Waals surface area contributed by atoms with Crippen molar-refractivity contribution in [3.05, 3.63) is 64.8 Å². The maximum Gasteiger partial charge on any atom is 0.318 e. The molecule has 228 valence electrons. The number of likely N-dealkylation sites (tertiary alicyclic amines) is 1. The van der Waals surface area contributed by atoms with E-state index in [1.165, 1.54) is 0 Å². The van der Waals surface area contributed by atoms with E-state index in [2.05, 4.69) is 42.0 Å². The number of ether oxygens (including phenoxy) is 1. The van der Waals surface area contributed by atoms with E-state index in [1.54, 1.807) is 0 Å². The average Bonchev–Trinajstić information content (AvgIpc) is 3.35. The fourth-order valence-electron chi connectivity index (χ4n) is 6.44. The molecular weight excluding hydrogens is 574 g/mol. The topological polar surface area (TPSA) is 65.0 Å². The van der Waals surface area contributed by atoms with E-state index in [9.17, 15) is 9.18 Å². The Bertz CT molecular complexity index is 1530. The minimum atomic E-state index is -1.55. The van der Waals surface area contributed by atoms with Gasteiger partial charge in [0.05, 0.1) is 29.3 Å². The molecule has 8 nitrogen and oxygen atoms in total. The van der Waals surface area contributed by atoms with Crippen LogP contribution in [0, 0.1) is 0 Å². The van der Waals surface area contributed by atoms with Gasteiger partial charge in [-0.05, 0) is 63.4 Å². The summed E-state index contributed by atoms with van der Waals surface area (Å²) < 4.78 is 34.2. The second-order valence-corrected chi connectivity index (χ2v) is 12.2. The number of likely N-dealkylation sites (N-methyl/N-ethyl adjacent to an activating group) is 1. The molecule has 1 amide bonds. The van der Waals surface area contributed by atoms with E-state index >= 15 is 4.39 Å². The number of halogens is 3. The number of nitrogens with zero attached hydrogens (tertiary/aromatic N) is 6. The van der Waals surface area contributed by atoms with E-state index in [1.807, 2.05) is 23.1 Å². The molecule has 2 atom stereocenters. The molecule has 0 N–H and O–H groups in total. The summed E-state index contributed by atoms with van der Waals surface area (Å²) in [4.78, 5) is 29.7. The van der Waals surface area contributed by atoms with E-state index in [4.69, 9.17) is 26.3 Å². The highest BCUT2D eigenvalue weighted by molar-refractivity contribution is 6.36. The Morgan fingerprint density at radius 3 is 2.70 bits per heavy atom. The number of anilines is 2. The number of hydrogen-bond acceptors (Lipinski definition) is 7. The van der Waals surface area contributed by atoms with Crippen LogP contribution in [-0.2, 0) is 17.8 Å². The molecule has 0 radical (unpaired) electrons. The monoisotopic (exact) mass is 610 g/mol. The maximum absolute atomic E-state index is 15.3. The highest BCUT2D eigenvalue weighted by Gasteiger charge is 2.36. The number of benzene rings is 2. The smallest absolute Gasteiger partial charge is 0.318 e. The van der Waals surface area contributed by atoms with Crippen LogP contribution in [0.2, 0.25) is 5.02 Å². The molecule has 2 aromatic carbocycles. The molecule has 0 saturated carbocycles. The van der Waals surface area contributed by atoms with Crippen molar-refractivity contribution in [2.24, 2.45) is 0 Å². The van der Waals surface area contributed by atoms with E-state index < -0.39 is 18.9 Å². The summed E-state index contributed by atoms with van der Waals surface area (Å²) in [5.74, 6) is 0.117. The van der Waals surface area contributed by atoms with Gasteiger partial charge in [-0.15, -0.1) is 0 Å². The van der Waals surface area contributed by atoms with Crippen molar-refractivity contribution < 1.29 is 18.3 Å². The lowest BCUT2D eigenvalue weighted by Gasteiger charge is -2.40. The number of carbonyl (C=O) groups is 1. The van der Waals surface area contributed by atoms with Crippen LogP contribution in [0.3, 0.4) is 0 Å². The summed E-state index contributed by atoms with van der Waals surface area (Å²) in [6.45, 7) is 4.62. The van der Waals surface area contributed by atoms with Gasteiger partial charge in [0.25, 0.3) is 0 Å². The van der Waals surface area contributed by atoms with Crippen molar-refractivity contribution in [2.75, 3.05) is 62.9 Å². The Labute approximate surface area is 255 Å². The Morgan fingerprint density at radius 2 is 1.95 bits per heavy atom. The SMILES string of the molecule is CN1CCCC1(C)COc1nc2c(c(N3CCN(C(=O)/C=C/CF)[C@@H](F)C3)n1)CCN(c1cccc3cccc(Cl)c13)C2. The van der Waals surface area contributed by atoms with Crippen LogP contribution < -0.4 is 14.5 Å². The van der Waals surface area contributed by atoms with E-state index in [0.717, 1.165) is 64.2 Å². The zero-order valence-corrected chi connectivity index (χ0v) is 25.4. The Kier molecular flexibility index (Phi) is 8.42. The number of amides is 1. The van der Waals surface area contributed by atoms with Gasteiger partial charge in [-0.3, -0.25) is 9.69 Å². The number of aromatic nitrogens is 2. The van der Waals surface area contributed by atoms with Crippen molar-refractivity contribution in [1.82, 2.24) is 19.8 Å². The minimum Gasteiger partial charge on any atom is -0.461 e. The molecule has 0 aliphatic carbocycles. The molecular formula is C32H37ClF2N6O2. The molecule has 4 heterocycles. The van der Waals surface area contributed by atoms with Crippen LogP contribution in [-0.4, -0.2) is 90.6 Å². The average molecular weight is 611 g/mol. The molecule has 0 spiro atoms. The Morgan fingerprint density at radius 1 is 1.14 bits per heavy atom. The van der Waals surface area contributed by atoms with Crippen LogP contribution in [0.4, 0.5) is 20.3 Å². The van der Waals surface area contributed by atoms with Gasteiger partial charge in [0.15, 0.2) is 6.30 Å². The molecule has 3 aliphatic heterocycles. The van der Waals surface area contributed by atoms with E-state index in [-0.39, 0.29) is 24.6 Å². The second-order valence-electron chi connectivity index (χ2n) is 11.8. The van der Waals surface area contributed by atoms with Crippen LogP contribution in [0.25, 0.3) is 10.8 Å². The van der Waals surface area contributed by atoms with Gasteiger partial charge in [0, 0.05) is 42.3 Å². The molecule has 3 aliphatic rings. The largest absolute Gasteiger partial charge is 0.461 e. The molecule has 3 aromatic rings. The number of piperazine rings is 1. The first-order valence-corrected chi connectivity index (χ1v) is 15.2. The number of carbonyl (C=O) groups excluding carboxylic acids is 1. The first kappa shape index (κ1) is 29.6. The quantitative estimate of drug-likeness (QED) is 0.270. The molecule has 6 rings (SSSR count). The third kappa shape index (κ3) is 5.87. The summed E-state index contributed by atoms with van der Waals surface area (Å²) in [6.07, 6.45) is 3.42. The Balaban J connectivity index is 1.32. The zero-order chi connectivity index (χ0) is 30.1. The van der Waals surface area contributed by atoms with Crippen molar-refractivity contribution in [3.8, 4) is 6.01 Å². The summed E-state index contributed by atoms with van der Waals surface area (Å²) in [5, 5.41) is 2.77. The fourth-order valence-corrected chi connectivity index (χ4v) is 6.72. The number of hydrogen-bond donors (Lipinski definition) is 0. The standard InChI is InChI=1S/C32H37ClF2N6O2/c1-32(13-6-15-38(32)2)21-43-31-36-25-19-39(26-10-4-8-22-7-3-9-24(33)29(22)26)16-12-23(25)30(37-31)40-17-18-41(27(35)20-40)28(42)11-5-14-34/h3-5,7-11,27H,6,12-21H2,1-2H3/b11-5+/t27-,32?/m1/s1. The first-order valence-electron chi connectivity index (χ1n) is 14.9. The van der Waals surface area contributed by atoms with Crippen LogP contribution >= 0.6 is 11.6 Å². The lowest BCUT2D eigenvalue weighted by Crippen LogP contribution is -2.53. The second kappa shape index (κ2) is 12.2. The predicted molar refractivity (Wildman–Crippen MR) is 165 cm³/mol. The fraction of sp³-hybridized carbons (Fsp3) is 0.469. The van der Waals surface area contributed by atoms with Crippen LogP contribution in [0.15, 0.2) is 48.6 Å². The zero-order valence-electron chi connectivity index (χ0n) is 24.6. The van der Waals surface area contributed by atoms with Gasteiger partial charge in [0.1, 0.15) is 19.1 Å². The van der Waals surface area contributed by atoms with Crippen molar-refractivity contribution in [1.29, 1.82) is 0 Å². The van der Waals surface area contributed by atoms with Crippen molar-refractivity contribution in [2.45, 2.75) is 44.6 Å². The van der Waals surface area contributed by atoms with Gasteiger partial charge in [-0.2, -0.15) is 9.97 Å². The highest BCUT2D eigenvalue weighted by atomic mass is 35.5. The Hall–Kier alpha value is -3.50. The van der Waals surface area contributed by atoms with Gasteiger partial charge in [0.2, 0.25) is 5.91 Å². The number of allylic oxidation sites excluding steroid dienone is 1. The molecule has 11 heteroatoms. The minimum absolute atomic E-state index is 0.0405. The number of rotatable bonds is 7. The molecule has 0 bridgehead atoms. The van der Waals surface area contributed by atoms with E-state index in [0.29, 0.717) is 43.5 Å². The molecule has 1 aromatic heterocycles. The normalized spacial score (nSPS) is 22.9. The van der Waals surface area contributed by atoms with Crippen molar-refractivity contribution in [3.63, 3.8) is 0 Å². The van der Waals surface area contributed by atoms with Crippen LogP contribution in [0.1, 0.15) is 31.0 Å². The van der Waals surface area contributed by atoms with Gasteiger partial charge in [-0.25, -0.2) is 8.78 Å². The molecule has 1 unspecified atom stereocenters. The lowest BCUT2D eigenvalue weighted by molar-refractivity contribution is -0.132. The van der Waals surface area contributed by atoms with Gasteiger partial charge < -0.3 is 19.4 Å². The summed E-state index contributed by atoms with van der Waals surface area (Å²) >= 11 is 6.67. The lowest BCUT2D eigenvalue weighted by atomic mass is 10.0. The third-order valence-corrected chi connectivity index (χ3v) is 9.41. The highest BCUT2D eigenvalue weighted by Crippen LogP contribution is 2.37. The summed E-state index contributed by atoms with van der Waals surface area (Å²) in [5.41, 5.74) is 2.71. The molecule has 2 fully saturated rings. The van der Waals surface area contributed by atoms with Gasteiger partial charge >= 0.3 is 6.01 Å². The first-order chi connectivity index (χ1) is 20.8. The third-order valence-electron chi connectivity index (χ3n) is 9.09. The maximum atomic E-state index is 15.3. The predicted octanol–water partition coefficient (Wildman–Crippen LogP) is 5.18. The van der Waals surface area contributed by atoms with Crippen LogP contribution in [0.5, 0.6) is 6.01 Å². The molecule has 2 saturated heterocycles. The van der Waals surface area contributed by atoms with Crippen molar-refractivity contribution >= 4 is 39.8 Å². The molecule has 43 heavy (non-hydrogen) atoms. The number of alkyl halides is 2. The summed E-state index contributed by atoms with van der Waals surface area (Å²) in [6, 6.07) is 12.4.